The molecule has 2 nitrogen and oxygen atoms in total. The van der Waals surface area contributed by atoms with Gasteiger partial charge < -0.3 is 4.74 Å². The van der Waals surface area contributed by atoms with Gasteiger partial charge in [0.2, 0.25) is 0 Å². The van der Waals surface area contributed by atoms with Crippen LogP contribution in [-0.2, 0) is 5.41 Å². The van der Waals surface area contributed by atoms with Crippen molar-refractivity contribution in [1.82, 2.24) is 0 Å². The van der Waals surface area contributed by atoms with Crippen LogP contribution < -0.4 is 4.74 Å². The molecule has 3 aliphatic rings. The number of fused-ring (bicyclic) bond motifs is 5. The second kappa shape index (κ2) is 3.72. The maximum atomic E-state index is 12.3. The van der Waals surface area contributed by atoms with Crippen LogP contribution in [0.15, 0.2) is 29.8 Å². The summed E-state index contributed by atoms with van der Waals surface area (Å²) in [4.78, 5) is 12.3. The quantitative estimate of drug-likeness (QED) is 0.715. The molecule has 2 heteroatoms. The van der Waals surface area contributed by atoms with Crippen molar-refractivity contribution in [1.29, 1.82) is 0 Å². The number of carbonyl (C=O) groups excluding carboxylic acids is 1. The van der Waals surface area contributed by atoms with Crippen molar-refractivity contribution in [3.05, 3.63) is 41.0 Å². The van der Waals surface area contributed by atoms with Crippen LogP contribution in [-0.4, -0.2) is 12.9 Å². The van der Waals surface area contributed by atoms with E-state index in [4.69, 9.17) is 4.74 Å². The fourth-order valence-electron chi connectivity index (χ4n) is 4.51. The van der Waals surface area contributed by atoms with E-state index in [0.717, 1.165) is 24.2 Å². The van der Waals surface area contributed by atoms with Crippen molar-refractivity contribution >= 4 is 5.78 Å². The molecule has 0 aliphatic heterocycles. The van der Waals surface area contributed by atoms with E-state index in [2.05, 4.69) is 12.1 Å². The Balaban J connectivity index is 1.94. The van der Waals surface area contributed by atoms with Crippen molar-refractivity contribution in [2.45, 2.75) is 37.5 Å². The van der Waals surface area contributed by atoms with Gasteiger partial charge in [-0.15, -0.1) is 0 Å². The molecule has 1 aromatic rings. The van der Waals surface area contributed by atoms with Crippen molar-refractivity contribution in [3.63, 3.8) is 0 Å². The Labute approximate surface area is 113 Å². The molecule has 2 unspecified atom stereocenters. The summed E-state index contributed by atoms with van der Waals surface area (Å²) < 4.78 is 5.43. The predicted molar refractivity (Wildman–Crippen MR) is 73.7 cm³/mol. The van der Waals surface area contributed by atoms with Gasteiger partial charge in [0.15, 0.2) is 5.78 Å². The van der Waals surface area contributed by atoms with Gasteiger partial charge in [0, 0.05) is 11.8 Å². The molecular formula is C17H18O2. The summed E-state index contributed by atoms with van der Waals surface area (Å²) >= 11 is 0. The lowest BCUT2D eigenvalue weighted by atomic mass is 9.62. The molecule has 3 aliphatic carbocycles. The average Bonchev–Trinajstić information content (AvgIpc) is 3.04. The SMILES string of the molecule is COc1cccc2c1C(=O)CCC21CC2=CCC1C2. The molecule has 1 spiro atoms. The minimum atomic E-state index is 0.224. The molecule has 1 saturated carbocycles. The fraction of sp³-hybridized carbons (Fsp3) is 0.471. The van der Waals surface area contributed by atoms with Crippen molar-refractivity contribution < 1.29 is 9.53 Å². The van der Waals surface area contributed by atoms with Crippen molar-refractivity contribution in [2.75, 3.05) is 7.11 Å². The number of allylic oxidation sites excluding steroid dienone is 2. The van der Waals surface area contributed by atoms with Gasteiger partial charge in [0.25, 0.3) is 0 Å². The van der Waals surface area contributed by atoms with Gasteiger partial charge in [-0.3, -0.25) is 4.79 Å². The number of hydrogen-bond donors (Lipinski definition) is 0. The Morgan fingerprint density at radius 2 is 2.26 bits per heavy atom. The van der Waals surface area contributed by atoms with E-state index in [1.165, 1.54) is 18.4 Å². The van der Waals surface area contributed by atoms with E-state index in [0.29, 0.717) is 12.3 Å². The van der Waals surface area contributed by atoms with Crippen molar-refractivity contribution in [2.24, 2.45) is 5.92 Å². The molecular weight excluding hydrogens is 236 g/mol. The first kappa shape index (κ1) is 11.3. The van der Waals surface area contributed by atoms with Crippen molar-refractivity contribution in [3.8, 4) is 5.75 Å². The monoisotopic (exact) mass is 254 g/mol. The first-order chi connectivity index (χ1) is 9.24. The van der Waals surface area contributed by atoms with Gasteiger partial charge in [-0.1, -0.05) is 23.8 Å². The van der Waals surface area contributed by atoms with Gasteiger partial charge in [-0.25, -0.2) is 0 Å². The summed E-state index contributed by atoms with van der Waals surface area (Å²) in [6, 6.07) is 6.12. The lowest BCUT2D eigenvalue weighted by Gasteiger charge is -2.41. The molecule has 0 amide bonds. The number of methoxy groups -OCH3 is 1. The average molecular weight is 254 g/mol. The Bertz CT molecular complexity index is 599. The molecule has 1 fully saturated rings. The zero-order valence-electron chi connectivity index (χ0n) is 11.2. The molecule has 4 rings (SSSR count). The summed E-state index contributed by atoms with van der Waals surface area (Å²) in [5.74, 6) is 1.73. The third-order valence-corrected chi connectivity index (χ3v) is 5.38. The second-order valence-electron chi connectivity index (χ2n) is 6.14. The largest absolute Gasteiger partial charge is 0.496 e. The number of carbonyl (C=O) groups is 1. The van der Waals surface area contributed by atoms with Gasteiger partial charge in [-0.05, 0) is 43.2 Å². The van der Waals surface area contributed by atoms with Crippen LogP contribution in [0.4, 0.5) is 0 Å². The van der Waals surface area contributed by atoms with E-state index < -0.39 is 0 Å². The van der Waals surface area contributed by atoms with Crippen LogP contribution in [0, 0.1) is 5.92 Å². The van der Waals surface area contributed by atoms with E-state index >= 15 is 0 Å². The first-order valence-electron chi connectivity index (χ1n) is 7.13. The summed E-state index contributed by atoms with van der Waals surface area (Å²) in [7, 11) is 1.66. The first-order valence-corrected chi connectivity index (χ1v) is 7.13. The van der Waals surface area contributed by atoms with Gasteiger partial charge in [-0.2, -0.15) is 0 Å². The third kappa shape index (κ3) is 1.35. The van der Waals surface area contributed by atoms with E-state index in [1.54, 1.807) is 12.7 Å². The molecule has 0 saturated heterocycles. The number of ketones is 1. The number of benzene rings is 1. The van der Waals surface area contributed by atoms with Crippen LogP contribution >= 0.6 is 0 Å². The predicted octanol–water partition coefficient (Wildman–Crippen LogP) is 3.65. The number of rotatable bonds is 1. The van der Waals surface area contributed by atoms with E-state index in [-0.39, 0.29) is 11.2 Å². The Hall–Kier alpha value is -1.57. The zero-order chi connectivity index (χ0) is 13.0. The van der Waals surface area contributed by atoms with Gasteiger partial charge in [0.05, 0.1) is 12.7 Å². The Morgan fingerprint density at radius 3 is 2.95 bits per heavy atom. The highest BCUT2D eigenvalue weighted by molar-refractivity contribution is 6.01. The molecule has 0 aromatic heterocycles. The topological polar surface area (TPSA) is 26.3 Å². The molecule has 1 aromatic carbocycles. The van der Waals surface area contributed by atoms with Gasteiger partial charge >= 0.3 is 0 Å². The zero-order valence-corrected chi connectivity index (χ0v) is 11.2. The molecule has 98 valence electrons. The third-order valence-electron chi connectivity index (χ3n) is 5.38. The summed E-state index contributed by atoms with van der Waals surface area (Å²) in [6.07, 6.45) is 7.70. The molecule has 2 atom stereocenters. The van der Waals surface area contributed by atoms with Crippen LogP contribution in [0.5, 0.6) is 5.75 Å². The van der Waals surface area contributed by atoms with Crippen LogP contribution in [0.2, 0.25) is 0 Å². The maximum Gasteiger partial charge on any atom is 0.166 e. The van der Waals surface area contributed by atoms with Crippen LogP contribution in [0.25, 0.3) is 0 Å². The Morgan fingerprint density at radius 1 is 1.37 bits per heavy atom. The normalized spacial score (nSPS) is 31.5. The van der Waals surface area contributed by atoms with E-state index in [1.807, 2.05) is 12.1 Å². The minimum absolute atomic E-state index is 0.224. The highest BCUT2D eigenvalue weighted by atomic mass is 16.5. The Kier molecular flexibility index (Phi) is 2.21. The maximum absolute atomic E-state index is 12.3. The number of Topliss-reactive ketones (excluding diaryl/α,β-unsaturated/α-hetero) is 1. The highest BCUT2D eigenvalue weighted by Crippen LogP contribution is 2.59. The molecule has 0 heterocycles. The smallest absolute Gasteiger partial charge is 0.166 e. The fourth-order valence-corrected chi connectivity index (χ4v) is 4.51. The summed E-state index contributed by atoms with van der Waals surface area (Å²) in [6.45, 7) is 0. The van der Waals surface area contributed by atoms with Gasteiger partial charge in [0.1, 0.15) is 5.75 Å². The highest BCUT2D eigenvalue weighted by Gasteiger charge is 2.51. The summed E-state index contributed by atoms with van der Waals surface area (Å²) in [5.41, 5.74) is 3.95. The molecule has 2 bridgehead atoms. The molecule has 19 heavy (non-hydrogen) atoms. The lowest BCUT2D eigenvalue weighted by molar-refractivity contribution is 0.0935. The lowest BCUT2D eigenvalue weighted by Crippen LogP contribution is -2.37. The number of hydrogen-bond acceptors (Lipinski definition) is 2. The van der Waals surface area contributed by atoms with Crippen LogP contribution in [0.3, 0.4) is 0 Å². The standard InChI is InChI=1S/C17H18O2/c1-19-15-4-2-3-13-16(15)14(18)7-8-17(13)10-11-5-6-12(17)9-11/h2-5,12H,6-10H2,1H3. The minimum Gasteiger partial charge on any atom is -0.496 e. The van der Waals surface area contributed by atoms with E-state index in [9.17, 15) is 4.79 Å². The summed E-state index contributed by atoms with van der Waals surface area (Å²) in [5, 5.41) is 0. The number of ether oxygens (including phenoxy) is 1. The molecule has 0 N–H and O–H groups in total. The van der Waals surface area contributed by atoms with Crippen LogP contribution in [0.1, 0.15) is 48.0 Å². The molecule has 0 radical (unpaired) electrons. The second-order valence-corrected chi connectivity index (χ2v) is 6.14.